The number of benzene rings is 1. The van der Waals surface area contributed by atoms with Crippen LogP contribution in [0.1, 0.15) is 34.9 Å². The van der Waals surface area contributed by atoms with Gasteiger partial charge in [0.25, 0.3) is 5.91 Å². The molecule has 1 saturated heterocycles. The lowest BCUT2D eigenvalue weighted by molar-refractivity contribution is 0.0857. The van der Waals surface area contributed by atoms with Gasteiger partial charge in [-0.25, -0.2) is 0 Å². The summed E-state index contributed by atoms with van der Waals surface area (Å²) in [6, 6.07) is 7.50. The van der Waals surface area contributed by atoms with Crippen molar-refractivity contribution in [3.05, 3.63) is 41.5 Å². The van der Waals surface area contributed by atoms with E-state index < -0.39 is 0 Å². The van der Waals surface area contributed by atoms with Crippen molar-refractivity contribution in [1.82, 2.24) is 15.5 Å². The first-order chi connectivity index (χ1) is 11.2. The van der Waals surface area contributed by atoms with E-state index in [4.69, 9.17) is 9.26 Å². The van der Waals surface area contributed by atoms with Gasteiger partial charge in [0.15, 0.2) is 5.82 Å². The highest BCUT2D eigenvalue weighted by Crippen LogP contribution is 2.22. The molecule has 0 radical (unpaired) electrons. The molecule has 2 aromatic rings. The maximum Gasteiger partial charge on any atom is 0.251 e. The fraction of sp³-hybridized carbons (Fsp3) is 0.438. The van der Waals surface area contributed by atoms with Crippen molar-refractivity contribution in [2.45, 2.75) is 36.5 Å². The van der Waals surface area contributed by atoms with Gasteiger partial charge in [0.05, 0.1) is 11.9 Å². The Labute approximate surface area is 139 Å². The van der Waals surface area contributed by atoms with E-state index in [1.165, 1.54) is 0 Å². The number of aryl methyl sites for hydroxylation is 1. The molecule has 0 aliphatic carbocycles. The lowest BCUT2D eigenvalue weighted by atomic mass is 10.2. The summed E-state index contributed by atoms with van der Waals surface area (Å²) in [7, 11) is 0. The van der Waals surface area contributed by atoms with Crippen molar-refractivity contribution < 1.29 is 14.1 Å². The molecule has 1 amide bonds. The van der Waals surface area contributed by atoms with Gasteiger partial charge in [0.2, 0.25) is 5.89 Å². The molecule has 1 aliphatic rings. The Morgan fingerprint density at radius 3 is 2.87 bits per heavy atom. The Bertz CT molecular complexity index is 651. The second-order valence-electron chi connectivity index (χ2n) is 5.39. The van der Waals surface area contributed by atoms with Crippen LogP contribution in [-0.4, -0.2) is 35.3 Å². The van der Waals surface area contributed by atoms with Gasteiger partial charge in [-0.3, -0.25) is 4.79 Å². The summed E-state index contributed by atoms with van der Waals surface area (Å²) < 4.78 is 10.6. The minimum atomic E-state index is -0.0652. The van der Waals surface area contributed by atoms with Crippen LogP contribution in [0.25, 0.3) is 0 Å². The zero-order valence-electron chi connectivity index (χ0n) is 12.9. The number of amides is 1. The van der Waals surface area contributed by atoms with Gasteiger partial charge >= 0.3 is 0 Å². The van der Waals surface area contributed by atoms with Gasteiger partial charge in [-0.05, 0) is 44.0 Å². The van der Waals surface area contributed by atoms with E-state index in [2.05, 4.69) is 15.5 Å². The minimum Gasteiger partial charge on any atom is -0.376 e. The Kier molecular flexibility index (Phi) is 5.30. The van der Waals surface area contributed by atoms with Gasteiger partial charge in [-0.1, -0.05) is 5.16 Å². The number of rotatable bonds is 6. The lowest BCUT2D eigenvalue weighted by Crippen LogP contribution is -2.31. The Morgan fingerprint density at radius 1 is 1.39 bits per heavy atom. The predicted molar refractivity (Wildman–Crippen MR) is 86.3 cm³/mol. The number of ether oxygens (including phenoxy) is 1. The fourth-order valence-electron chi connectivity index (χ4n) is 2.36. The second kappa shape index (κ2) is 7.61. The first-order valence-corrected chi connectivity index (χ1v) is 8.61. The average molecular weight is 333 g/mol. The molecule has 7 heteroatoms. The summed E-state index contributed by atoms with van der Waals surface area (Å²) in [5.74, 6) is 1.79. The summed E-state index contributed by atoms with van der Waals surface area (Å²) in [4.78, 5) is 17.3. The minimum absolute atomic E-state index is 0.0652. The molecule has 23 heavy (non-hydrogen) atoms. The van der Waals surface area contributed by atoms with Crippen LogP contribution >= 0.6 is 11.8 Å². The lowest BCUT2D eigenvalue weighted by Gasteiger charge is -2.10. The summed E-state index contributed by atoms with van der Waals surface area (Å²) in [6.45, 7) is 3.17. The summed E-state index contributed by atoms with van der Waals surface area (Å²) >= 11 is 1.59. The van der Waals surface area contributed by atoms with Crippen molar-refractivity contribution in [1.29, 1.82) is 0 Å². The van der Waals surface area contributed by atoms with Crippen LogP contribution in [0.2, 0.25) is 0 Å². The van der Waals surface area contributed by atoms with E-state index in [9.17, 15) is 4.79 Å². The van der Waals surface area contributed by atoms with Gasteiger partial charge in [-0.15, -0.1) is 11.8 Å². The van der Waals surface area contributed by atoms with Crippen LogP contribution in [0.5, 0.6) is 0 Å². The Balaban J connectivity index is 1.48. The number of hydrogen-bond acceptors (Lipinski definition) is 6. The standard InChI is InChI=1S/C16H19N3O3S/c1-11-18-15(22-19-11)10-23-14-6-4-12(5-7-14)16(20)17-9-13-3-2-8-21-13/h4-7,13H,2-3,8-10H2,1H3,(H,17,20). The molecule has 1 fully saturated rings. The molecule has 122 valence electrons. The first-order valence-electron chi connectivity index (χ1n) is 7.62. The largest absolute Gasteiger partial charge is 0.376 e. The van der Waals surface area contributed by atoms with E-state index in [-0.39, 0.29) is 12.0 Å². The molecule has 0 spiro atoms. The number of carbonyl (C=O) groups excluding carboxylic acids is 1. The van der Waals surface area contributed by atoms with Crippen LogP contribution in [0.3, 0.4) is 0 Å². The average Bonchev–Trinajstić information content (AvgIpc) is 3.22. The van der Waals surface area contributed by atoms with Crippen molar-refractivity contribution in [3.63, 3.8) is 0 Å². The molecule has 1 atom stereocenters. The topological polar surface area (TPSA) is 77.2 Å². The fourth-order valence-corrected chi connectivity index (χ4v) is 3.10. The van der Waals surface area contributed by atoms with E-state index in [0.29, 0.717) is 29.6 Å². The van der Waals surface area contributed by atoms with Crippen LogP contribution < -0.4 is 5.32 Å². The highest BCUT2D eigenvalue weighted by Gasteiger charge is 2.16. The van der Waals surface area contributed by atoms with Crippen molar-refractivity contribution in [2.75, 3.05) is 13.2 Å². The molecule has 1 aromatic heterocycles. The number of nitrogens with zero attached hydrogens (tertiary/aromatic N) is 2. The zero-order chi connectivity index (χ0) is 16.1. The van der Waals surface area contributed by atoms with Gasteiger partial charge < -0.3 is 14.6 Å². The van der Waals surface area contributed by atoms with Gasteiger partial charge in [-0.2, -0.15) is 4.98 Å². The second-order valence-corrected chi connectivity index (χ2v) is 6.44. The summed E-state index contributed by atoms with van der Waals surface area (Å²) in [5, 5.41) is 6.67. The van der Waals surface area contributed by atoms with Crippen molar-refractivity contribution in [3.8, 4) is 0 Å². The van der Waals surface area contributed by atoms with E-state index in [1.54, 1.807) is 18.7 Å². The van der Waals surface area contributed by atoms with Gasteiger partial charge in [0.1, 0.15) is 0 Å². The Hall–Kier alpha value is -1.86. The van der Waals surface area contributed by atoms with Crippen LogP contribution in [0.4, 0.5) is 0 Å². The third-order valence-corrected chi connectivity index (χ3v) is 4.56. The van der Waals surface area contributed by atoms with Crippen molar-refractivity contribution in [2.24, 2.45) is 0 Å². The molecular weight excluding hydrogens is 314 g/mol. The predicted octanol–water partition coefficient (Wildman–Crippen LogP) is 2.58. The monoisotopic (exact) mass is 333 g/mol. The zero-order valence-corrected chi connectivity index (χ0v) is 13.8. The molecule has 0 saturated carbocycles. The SMILES string of the molecule is Cc1noc(CSc2ccc(C(=O)NCC3CCCO3)cc2)n1. The van der Waals surface area contributed by atoms with Crippen LogP contribution in [0, 0.1) is 6.92 Å². The number of nitrogens with one attached hydrogen (secondary N) is 1. The molecule has 2 heterocycles. The maximum atomic E-state index is 12.1. The number of thioether (sulfide) groups is 1. The molecule has 1 aliphatic heterocycles. The van der Waals surface area contributed by atoms with Crippen LogP contribution in [-0.2, 0) is 10.5 Å². The first kappa shape index (κ1) is 16.0. The van der Waals surface area contributed by atoms with Crippen LogP contribution in [0.15, 0.2) is 33.7 Å². The molecule has 6 nitrogen and oxygen atoms in total. The van der Waals surface area contributed by atoms with E-state index in [1.807, 2.05) is 24.3 Å². The quantitative estimate of drug-likeness (QED) is 0.819. The third kappa shape index (κ3) is 4.56. The molecule has 1 aromatic carbocycles. The van der Waals surface area contributed by atoms with E-state index >= 15 is 0 Å². The maximum absolute atomic E-state index is 12.1. The summed E-state index contributed by atoms with van der Waals surface area (Å²) in [6.07, 6.45) is 2.25. The van der Waals surface area contributed by atoms with E-state index in [0.717, 1.165) is 24.3 Å². The molecule has 0 bridgehead atoms. The molecular formula is C16H19N3O3S. The van der Waals surface area contributed by atoms with Crippen molar-refractivity contribution >= 4 is 17.7 Å². The molecule has 3 rings (SSSR count). The number of carbonyl (C=O) groups is 1. The Morgan fingerprint density at radius 2 is 2.22 bits per heavy atom. The number of aromatic nitrogens is 2. The highest BCUT2D eigenvalue weighted by molar-refractivity contribution is 7.98. The smallest absolute Gasteiger partial charge is 0.251 e. The normalized spacial score (nSPS) is 17.3. The molecule has 1 N–H and O–H groups in total. The molecule has 1 unspecified atom stereocenters. The highest BCUT2D eigenvalue weighted by atomic mass is 32.2. The number of hydrogen-bond donors (Lipinski definition) is 1. The summed E-state index contributed by atoms with van der Waals surface area (Å²) in [5.41, 5.74) is 0.654. The third-order valence-electron chi connectivity index (χ3n) is 3.56. The van der Waals surface area contributed by atoms with Gasteiger partial charge in [0, 0.05) is 23.6 Å².